The number of methoxy groups -OCH3 is 1. The largest absolute Gasteiger partial charge is 0.480 e. The lowest BCUT2D eigenvalue weighted by atomic mass is 9.76. The summed E-state index contributed by atoms with van der Waals surface area (Å²) in [5, 5.41) is 9.40. The van der Waals surface area contributed by atoms with Crippen LogP contribution in [0.25, 0.3) is 0 Å². The maximum absolute atomic E-state index is 12.4. The Morgan fingerprint density at radius 3 is 2.39 bits per heavy atom. The smallest absolute Gasteiger partial charge is 0.326 e. The van der Waals surface area contributed by atoms with Gasteiger partial charge in [0.2, 0.25) is 0 Å². The Morgan fingerprint density at radius 2 is 1.94 bits per heavy atom. The van der Waals surface area contributed by atoms with Crippen LogP contribution in [0.3, 0.4) is 0 Å². The van der Waals surface area contributed by atoms with Crippen molar-refractivity contribution in [3.05, 3.63) is 0 Å². The lowest BCUT2D eigenvalue weighted by Crippen LogP contribution is -2.60. The van der Waals surface area contributed by atoms with Crippen molar-refractivity contribution in [3.63, 3.8) is 0 Å². The molecule has 1 rings (SSSR count). The van der Waals surface area contributed by atoms with E-state index in [9.17, 15) is 14.7 Å². The first-order valence-electron chi connectivity index (χ1n) is 6.22. The maximum Gasteiger partial charge on any atom is 0.326 e. The van der Waals surface area contributed by atoms with Crippen molar-refractivity contribution in [2.75, 3.05) is 13.7 Å². The molecule has 1 N–H and O–H groups in total. The summed E-state index contributed by atoms with van der Waals surface area (Å²) in [6.45, 7) is 7.59. The third-order valence-corrected chi connectivity index (χ3v) is 3.79. The van der Waals surface area contributed by atoms with Crippen molar-refractivity contribution in [1.82, 2.24) is 4.90 Å². The number of carboxylic acids is 1. The SMILES string of the molecule is COC(C)(C)C(=O)N1CCCC(C)(C)C1C(=O)O. The molecule has 0 bridgehead atoms. The molecular weight excluding hydrogens is 234 g/mol. The summed E-state index contributed by atoms with van der Waals surface area (Å²) in [6, 6.07) is -0.784. The zero-order valence-electron chi connectivity index (χ0n) is 11.8. The average molecular weight is 257 g/mol. The molecule has 5 nitrogen and oxygen atoms in total. The van der Waals surface area contributed by atoms with Crippen LogP contribution < -0.4 is 0 Å². The first-order chi connectivity index (χ1) is 8.13. The molecule has 0 aromatic rings. The number of carbonyl (C=O) groups is 2. The van der Waals surface area contributed by atoms with E-state index in [1.807, 2.05) is 13.8 Å². The topological polar surface area (TPSA) is 66.8 Å². The lowest BCUT2D eigenvalue weighted by Gasteiger charge is -2.46. The van der Waals surface area contributed by atoms with Crippen LogP contribution in [0.15, 0.2) is 0 Å². The molecule has 1 fully saturated rings. The molecule has 0 spiro atoms. The van der Waals surface area contributed by atoms with Gasteiger partial charge in [-0.05, 0) is 32.1 Å². The van der Waals surface area contributed by atoms with Crippen LogP contribution in [0.1, 0.15) is 40.5 Å². The molecular formula is C13H23NO4. The number of piperidine rings is 1. The van der Waals surface area contributed by atoms with Crippen molar-refractivity contribution in [2.45, 2.75) is 52.2 Å². The first-order valence-corrected chi connectivity index (χ1v) is 6.22. The summed E-state index contributed by atoms with van der Waals surface area (Å²) in [5.41, 5.74) is -1.40. The second kappa shape index (κ2) is 4.88. The van der Waals surface area contributed by atoms with E-state index < -0.39 is 23.0 Å². The predicted molar refractivity (Wildman–Crippen MR) is 67.2 cm³/mol. The summed E-state index contributed by atoms with van der Waals surface area (Å²) in [7, 11) is 1.46. The van der Waals surface area contributed by atoms with Gasteiger partial charge in [-0.3, -0.25) is 4.79 Å². The fraction of sp³-hybridized carbons (Fsp3) is 0.846. The fourth-order valence-corrected chi connectivity index (χ4v) is 2.51. The number of carbonyl (C=O) groups excluding carboxylic acids is 1. The summed E-state index contributed by atoms with van der Waals surface area (Å²) in [5.74, 6) is -1.20. The van der Waals surface area contributed by atoms with Crippen LogP contribution in [0.4, 0.5) is 0 Å². The van der Waals surface area contributed by atoms with E-state index in [4.69, 9.17) is 4.74 Å². The number of carboxylic acid groups (broad SMARTS) is 1. The molecule has 1 aliphatic heterocycles. The number of ether oxygens (including phenoxy) is 1. The van der Waals surface area contributed by atoms with Gasteiger partial charge in [0.05, 0.1) is 0 Å². The second-order valence-corrected chi connectivity index (χ2v) is 6.05. The molecule has 1 heterocycles. The zero-order valence-corrected chi connectivity index (χ0v) is 11.8. The molecule has 5 heteroatoms. The van der Waals surface area contributed by atoms with Gasteiger partial charge in [-0.15, -0.1) is 0 Å². The monoisotopic (exact) mass is 257 g/mol. The van der Waals surface area contributed by atoms with Crippen LogP contribution in [-0.4, -0.2) is 47.2 Å². The number of amides is 1. The molecule has 0 saturated carbocycles. The fourth-order valence-electron chi connectivity index (χ4n) is 2.51. The quantitative estimate of drug-likeness (QED) is 0.832. The third-order valence-electron chi connectivity index (χ3n) is 3.79. The second-order valence-electron chi connectivity index (χ2n) is 6.05. The summed E-state index contributed by atoms with van der Waals surface area (Å²) < 4.78 is 5.16. The van der Waals surface area contributed by atoms with Crippen molar-refractivity contribution in [3.8, 4) is 0 Å². The van der Waals surface area contributed by atoms with E-state index in [0.29, 0.717) is 6.54 Å². The first kappa shape index (κ1) is 15.0. The highest BCUT2D eigenvalue weighted by Crippen LogP contribution is 2.36. The van der Waals surface area contributed by atoms with E-state index in [0.717, 1.165) is 12.8 Å². The van der Waals surface area contributed by atoms with Crippen molar-refractivity contribution >= 4 is 11.9 Å². The highest BCUT2D eigenvalue weighted by Gasteiger charge is 2.47. The van der Waals surface area contributed by atoms with Crippen molar-refractivity contribution in [1.29, 1.82) is 0 Å². The van der Waals surface area contributed by atoms with E-state index in [2.05, 4.69) is 0 Å². The van der Waals surface area contributed by atoms with Crippen molar-refractivity contribution < 1.29 is 19.4 Å². The van der Waals surface area contributed by atoms with Crippen LogP contribution >= 0.6 is 0 Å². The normalized spacial score (nSPS) is 23.8. The number of likely N-dealkylation sites (tertiary alicyclic amines) is 1. The molecule has 104 valence electrons. The summed E-state index contributed by atoms with van der Waals surface area (Å²) in [6.07, 6.45) is 1.63. The summed E-state index contributed by atoms with van der Waals surface area (Å²) in [4.78, 5) is 25.3. The van der Waals surface area contributed by atoms with Crippen LogP contribution in [-0.2, 0) is 14.3 Å². The molecule has 0 aliphatic carbocycles. The van der Waals surface area contributed by atoms with Gasteiger partial charge in [0, 0.05) is 13.7 Å². The molecule has 1 amide bonds. The van der Waals surface area contributed by atoms with E-state index in [1.54, 1.807) is 13.8 Å². The molecule has 0 aromatic carbocycles. The predicted octanol–water partition coefficient (Wildman–Crippen LogP) is 1.51. The highest BCUT2D eigenvalue weighted by molar-refractivity contribution is 5.89. The summed E-state index contributed by atoms with van der Waals surface area (Å²) >= 11 is 0. The third kappa shape index (κ3) is 2.66. The minimum absolute atomic E-state index is 0.259. The average Bonchev–Trinajstić information content (AvgIpc) is 2.25. The van der Waals surface area contributed by atoms with Gasteiger partial charge >= 0.3 is 5.97 Å². The molecule has 0 aromatic heterocycles. The van der Waals surface area contributed by atoms with E-state index >= 15 is 0 Å². The number of aliphatic carboxylic acids is 1. The minimum Gasteiger partial charge on any atom is -0.480 e. The Balaban J connectivity index is 3.06. The molecule has 1 aliphatic rings. The molecule has 18 heavy (non-hydrogen) atoms. The van der Waals surface area contributed by atoms with E-state index in [1.165, 1.54) is 12.0 Å². The molecule has 1 saturated heterocycles. The standard InChI is InChI=1S/C13H23NO4/c1-12(2)7-6-8-14(9(12)10(15)16)11(17)13(3,4)18-5/h9H,6-8H2,1-5H3,(H,15,16). The van der Waals surface area contributed by atoms with Gasteiger partial charge in [0.1, 0.15) is 11.6 Å². The number of rotatable bonds is 3. The molecule has 1 atom stereocenters. The van der Waals surface area contributed by atoms with Crippen molar-refractivity contribution in [2.24, 2.45) is 5.41 Å². The highest BCUT2D eigenvalue weighted by atomic mass is 16.5. The lowest BCUT2D eigenvalue weighted by molar-refractivity contribution is -0.169. The number of nitrogens with zero attached hydrogens (tertiary/aromatic N) is 1. The Morgan fingerprint density at radius 1 is 1.39 bits per heavy atom. The number of hydrogen-bond acceptors (Lipinski definition) is 3. The maximum atomic E-state index is 12.4. The van der Waals surface area contributed by atoms with Gasteiger partial charge in [-0.2, -0.15) is 0 Å². The molecule has 0 radical (unpaired) electrons. The van der Waals surface area contributed by atoms with Crippen LogP contribution in [0, 0.1) is 5.41 Å². The minimum atomic E-state index is -0.985. The Hall–Kier alpha value is -1.10. The van der Waals surface area contributed by atoms with Crippen LogP contribution in [0.5, 0.6) is 0 Å². The van der Waals surface area contributed by atoms with E-state index in [-0.39, 0.29) is 5.91 Å². The Labute approximate surface area is 108 Å². The van der Waals surface area contributed by atoms with Crippen LogP contribution in [0.2, 0.25) is 0 Å². The van der Waals surface area contributed by atoms with Gasteiger partial charge in [0.25, 0.3) is 5.91 Å². The van der Waals surface area contributed by atoms with Gasteiger partial charge in [0.15, 0.2) is 0 Å². The van der Waals surface area contributed by atoms with Gasteiger partial charge in [-0.1, -0.05) is 13.8 Å². The molecule has 1 unspecified atom stereocenters. The van der Waals surface area contributed by atoms with Gasteiger partial charge < -0.3 is 14.7 Å². The Kier molecular flexibility index (Phi) is 4.05. The zero-order chi connectivity index (χ0) is 14.1. The Bertz CT molecular complexity index is 349. The number of hydrogen-bond donors (Lipinski definition) is 1. The van der Waals surface area contributed by atoms with Gasteiger partial charge in [-0.25, -0.2) is 4.79 Å².